The van der Waals surface area contributed by atoms with E-state index in [1.54, 1.807) is 0 Å². The Morgan fingerprint density at radius 2 is 1.27 bits per heavy atom. The summed E-state index contributed by atoms with van der Waals surface area (Å²) in [5.74, 6) is 0. The Kier molecular flexibility index (Phi) is 2.95. The molecule has 2 heterocycles. The van der Waals surface area contributed by atoms with E-state index in [4.69, 9.17) is 0 Å². The van der Waals surface area contributed by atoms with E-state index >= 15 is 0 Å². The molecule has 2 aromatic carbocycles. The molecule has 0 unspecified atom stereocenters. The molecule has 0 N–H and O–H groups in total. The minimum absolute atomic E-state index is 0.294. The molecular formula is C19H23N3. The van der Waals surface area contributed by atoms with E-state index in [1.807, 2.05) is 0 Å². The number of aryl methyl sites for hydroxylation is 2. The standard InChI is InChI=1S/C19H23N3/c1-13-7-5-9-15-11-22-18-14(2)8-6-10-16(18)12-21(17(13)15)19(22)20(3)4/h5-10,19H,11-12H2,1-4H3. The van der Waals surface area contributed by atoms with Crippen molar-refractivity contribution in [3.8, 4) is 0 Å². The van der Waals surface area contributed by atoms with Gasteiger partial charge in [-0.05, 0) is 50.2 Å². The number of benzene rings is 2. The summed E-state index contributed by atoms with van der Waals surface area (Å²) in [5.41, 5.74) is 8.47. The van der Waals surface area contributed by atoms with Crippen LogP contribution in [0.15, 0.2) is 36.4 Å². The van der Waals surface area contributed by atoms with Crippen molar-refractivity contribution in [2.24, 2.45) is 0 Å². The van der Waals surface area contributed by atoms with Crippen LogP contribution in [0.4, 0.5) is 11.4 Å². The first kappa shape index (κ1) is 13.6. The third-order valence-corrected chi connectivity index (χ3v) is 4.92. The van der Waals surface area contributed by atoms with Gasteiger partial charge in [0, 0.05) is 24.5 Å². The highest BCUT2D eigenvalue weighted by Gasteiger charge is 2.39. The lowest BCUT2D eigenvalue weighted by Crippen LogP contribution is -2.61. The number of fused-ring (bicyclic) bond motifs is 6. The SMILES string of the molecule is Cc1cccc2c1N1Cc3cccc(C)c3N(C2)C1N(C)C. The summed E-state index contributed by atoms with van der Waals surface area (Å²) >= 11 is 0. The maximum absolute atomic E-state index is 2.55. The summed E-state index contributed by atoms with van der Waals surface area (Å²) in [5, 5.41) is 0. The maximum atomic E-state index is 2.55. The van der Waals surface area contributed by atoms with Crippen molar-refractivity contribution in [1.29, 1.82) is 0 Å². The highest BCUT2D eigenvalue weighted by molar-refractivity contribution is 5.72. The van der Waals surface area contributed by atoms with Gasteiger partial charge in [-0.1, -0.05) is 36.4 Å². The molecule has 3 nitrogen and oxygen atoms in total. The average molecular weight is 293 g/mol. The normalized spacial score (nSPS) is 16.8. The van der Waals surface area contributed by atoms with E-state index in [0.29, 0.717) is 6.29 Å². The van der Waals surface area contributed by atoms with Crippen LogP contribution in [-0.4, -0.2) is 25.3 Å². The second kappa shape index (κ2) is 4.75. The van der Waals surface area contributed by atoms with Crippen molar-refractivity contribution < 1.29 is 0 Å². The van der Waals surface area contributed by atoms with Gasteiger partial charge in [0.05, 0.1) is 0 Å². The lowest BCUT2D eigenvalue weighted by Gasteiger charge is -2.54. The first-order valence-electron chi connectivity index (χ1n) is 7.94. The average Bonchev–Trinajstić information content (AvgIpc) is 2.46. The molecule has 114 valence electrons. The number of rotatable bonds is 1. The van der Waals surface area contributed by atoms with Gasteiger partial charge in [0.15, 0.2) is 6.29 Å². The van der Waals surface area contributed by atoms with Crippen molar-refractivity contribution in [3.63, 3.8) is 0 Å². The van der Waals surface area contributed by atoms with Crippen molar-refractivity contribution in [3.05, 3.63) is 58.7 Å². The van der Waals surface area contributed by atoms with Crippen LogP contribution in [0, 0.1) is 13.8 Å². The van der Waals surface area contributed by atoms with Gasteiger partial charge in [0.2, 0.25) is 0 Å². The van der Waals surface area contributed by atoms with Crippen molar-refractivity contribution >= 4 is 11.4 Å². The molecule has 0 saturated carbocycles. The monoisotopic (exact) mass is 293 g/mol. The topological polar surface area (TPSA) is 9.72 Å². The minimum Gasteiger partial charge on any atom is -0.334 e. The molecule has 0 aromatic heterocycles. The van der Waals surface area contributed by atoms with Gasteiger partial charge in [0.1, 0.15) is 0 Å². The van der Waals surface area contributed by atoms with E-state index < -0.39 is 0 Å². The van der Waals surface area contributed by atoms with Gasteiger partial charge in [-0.2, -0.15) is 0 Å². The zero-order valence-corrected chi connectivity index (χ0v) is 13.8. The van der Waals surface area contributed by atoms with Crippen LogP contribution in [-0.2, 0) is 13.1 Å². The molecule has 0 radical (unpaired) electrons. The molecule has 0 atom stereocenters. The summed E-state index contributed by atoms with van der Waals surface area (Å²) in [7, 11) is 4.36. The second-order valence-corrected chi connectivity index (χ2v) is 6.73. The number of hydrogen-bond acceptors (Lipinski definition) is 3. The first-order chi connectivity index (χ1) is 10.6. The number of para-hydroxylation sites is 2. The van der Waals surface area contributed by atoms with Gasteiger partial charge in [-0.15, -0.1) is 0 Å². The molecule has 2 aliphatic heterocycles. The predicted molar refractivity (Wildman–Crippen MR) is 92.2 cm³/mol. The minimum atomic E-state index is 0.294. The Morgan fingerprint density at radius 1 is 0.818 bits per heavy atom. The van der Waals surface area contributed by atoms with Crippen LogP contribution in [0.5, 0.6) is 0 Å². The van der Waals surface area contributed by atoms with Crippen LogP contribution in [0.1, 0.15) is 22.3 Å². The van der Waals surface area contributed by atoms with E-state index in [-0.39, 0.29) is 0 Å². The molecule has 3 heteroatoms. The zero-order chi connectivity index (χ0) is 15.4. The van der Waals surface area contributed by atoms with Gasteiger partial charge in [0.25, 0.3) is 0 Å². The Bertz CT molecular complexity index is 676. The summed E-state index contributed by atoms with van der Waals surface area (Å²) in [6.45, 7) is 6.42. The fourth-order valence-corrected chi connectivity index (χ4v) is 4.16. The third kappa shape index (κ3) is 1.78. The van der Waals surface area contributed by atoms with Crippen molar-refractivity contribution in [2.45, 2.75) is 33.2 Å². The molecule has 0 aliphatic carbocycles. The van der Waals surface area contributed by atoms with Gasteiger partial charge < -0.3 is 9.80 Å². The molecule has 0 spiro atoms. The quantitative estimate of drug-likeness (QED) is 0.797. The van der Waals surface area contributed by atoms with Crippen LogP contribution in [0.25, 0.3) is 0 Å². The number of hydrogen-bond donors (Lipinski definition) is 0. The first-order valence-corrected chi connectivity index (χ1v) is 7.94. The fourth-order valence-electron chi connectivity index (χ4n) is 4.16. The molecule has 0 fully saturated rings. The summed E-state index contributed by atoms with van der Waals surface area (Å²) in [6, 6.07) is 13.4. The van der Waals surface area contributed by atoms with Gasteiger partial charge in [-0.25, -0.2) is 0 Å². The van der Waals surface area contributed by atoms with Crippen molar-refractivity contribution in [2.75, 3.05) is 23.9 Å². The smallest absolute Gasteiger partial charge is 0.160 e. The summed E-state index contributed by atoms with van der Waals surface area (Å²) < 4.78 is 0. The van der Waals surface area contributed by atoms with Crippen LogP contribution in [0.3, 0.4) is 0 Å². The molecule has 2 aliphatic rings. The zero-order valence-electron chi connectivity index (χ0n) is 13.8. The molecule has 2 bridgehead atoms. The van der Waals surface area contributed by atoms with Crippen LogP contribution >= 0.6 is 0 Å². The molecular weight excluding hydrogens is 270 g/mol. The Hall–Kier alpha value is -2.00. The van der Waals surface area contributed by atoms with E-state index in [0.717, 1.165) is 13.1 Å². The Labute approximate surface area is 132 Å². The van der Waals surface area contributed by atoms with Crippen LogP contribution < -0.4 is 9.80 Å². The maximum Gasteiger partial charge on any atom is 0.160 e. The summed E-state index contributed by atoms with van der Waals surface area (Å²) in [4.78, 5) is 7.43. The van der Waals surface area contributed by atoms with E-state index in [2.05, 4.69) is 79.0 Å². The Morgan fingerprint density at radius 3 is 1.68 bits per heavy atom. The highest BCUT2D eigenvalue weighted by Crippen LogP contribution is 2.44. The van der Waals surface area contributed by atoms with E-state index in [1.165, 1.54) is 33.6 Å². The lowest BCUT2D eigenvalue weighted by molar-refractivity contribution is 0.252. The highest BCUT2D eigenvalue weighted by atomic mass is 15.5. The lowest BCUT2D eigenvalue weighted by atomic mass is 9.96. The van der Waals surface area contributed by atoms with Gasteiger partial charge >= 0.3 is 0 Å². The third-order valence-electron chi connectivity index (χ3n) is 4.92. The molecule has 4 rings (SSSR count). The molecule has 22 heavy (non-hydrogen) atoms. The van der Waals surface area contributed by atoms with Crippen LogP contribution in [0.2, 0.25) is 0 Å². The Balaban J connectivity index is 1.95. The number of anilines is 2. The predicted octanol–water partition coefficient (Wildman–Crippen LogP) is 3.49. The summed E-state index contributed by atoms with van der Waals surface area (Å²) in [6.07, 6.45) is 0.294. The van der Waals surface area contributed by atoms with Crippen molar-refractivity contribution in [1.82, 2.24) is 4.90 Å². The largest absolute Gasteiger partial charge is 0.334 e. The van der Waals surface area contributed by atoms with E-state index in [9.17, 15) is 0 Å². The molecule has 0 amide bonds. The fraction of sp³-hybridized carbons (Fsp3) is 0.368. The number of nitrogens with zero attached hydrogens (tertiary/aromatic N) is 3. The molecule has 2 aromatic rings. The van der Waals surface area contributed by atoms with Gasteiger partial charge in [-0.3, -0.25) is 4.90 Å². The molecule has 0 saturated heterocycles. The second-order valence-electron chi connectivity index (χ2n) is 6.73.